The van der Waals surface area contributed by atoms with Crippen LogP contribution in [0.2, 0.25) is 10.0 Å². The number of nitrogens with one attached hydrogen (secondary N) is 2. The number of benzene rings is 2. The molecule has 2 aromatic rings. The number of halogens is 2. The molecule has 0 radical (unpaired) electrons. The molecule has 0 amide bonds. The van der Waals surface area contributed by atoms with Crippen LogP contribution in [-0.2, 0) is 10.8 Å². The highest BCUT2D eigenvalue weighted by molar-refractivity contribution is 6.30. The fraction of sp³-hybridized carbons (Fsp3) is 0.571. The number of hydrogen-bond acceptors (Lipinski definition) is 4. The maximum absolute atomic E-state index is 10.4. The summed E-state index contributed by atoms with van der Waals surface area (Å²) >= 11 is 11.9. The van der Waals surface area contributed by atoms with Crippen LogP contribution < -0.4 is 10.6 Å². The molecule has 0 unspecified atom stereocenters. The lowest BCUT2D eigenvalue weighted by Crippen LogP contribution is -2.48. The van der Waals surface area contributed by atoms with Crippen molar-refractivity contribution >= 4 is 23.2 Å². The Morgan fingerprint density at radius 3 is 1.32 bits per heavy atom. The number of likely N-dealkylation sites (N-methyl/N-ethyl adjacent to an activating group) is 2. The first-order valence-electron chi connectivity index (χ1n) is 12.6. The summed E-state index contributed by atoms with van der Waals surface area (Å²) in [6, 6.07) is 15.8. The topological polar surface area (TPSA) is 64.5 Å². The van der Waals surface area contributed by atoms with Gasteiger partial charge in [-0.3, -0.25) is 0 Å². The summed E-state index contributed by atoms with van der Waals surface area (Å²) in [6.07, 6.45) is 7.96. The summed E-state index contributed by atoms with van der Waals surface area (Å²) in [4.78, 5) is 0. The lowest BCUT2D eigenvalue weighted by molar-refractivity contribution is 0.0423. The molecular weight excluding hydrogens is 467 g/mol. The van der Waals surface area contributed by atoms with Gasteiger partial charge in [-0.25, -0.2) is 0 Å². The van der Waals surface area contributed by atoms with Gasteiger partial charge in [0.2, 0.25) is 0 Å². The number of rotatable bonds is 6. The molecule has 0 aromatic heterocycles. The largest absolute Gasteiger partial charge is 0.392 e. The molecule has 2 fully saturated rings. The van der Waals surface area contributed by atoms with Crippen molar-refractivity contribution in [2.75, 3.05) is 27.2 Å². The second-order valence-electron chi connectivity index (χ2n) is 9.91. The Labute approximate surface area is 215 Å². The number of aliphatic hydroxyl groups excluding tert-OH is 2. The van der Waals surface area contributed by atoms with Crippen LogP contribution in [0.15, 0.2) is 48.5 Å². The fourth-order valence-corrected chi connectivity index (χ4v) is 6.18. The molecule has 0 spiro atoms. The van der Waals surface area contributed by atoms with Crippen LogP contribution >= 0.6 is 23.2 Å². The van der Waals surface area contributed by atoms with Crippen molar-refractivity contribution < 1.29 is 10.2 Å². The molecule has 0 aliphatic heterocycles. The van der Waals surface area contributed by atoms with E-state index in [-0.39, 0.29) is 23.0 Å². The monoisotopic (exact) mass is 506 g/mol. The van der Waals surface area contributed by atoms with Crippen LogP contribution in [0.4, 0.5) is 0 Å². The van der Waals surface area contributed by atoms with Crippen molar-refractivity contribution in [1.82, 2.24) is 10.6 Å². The molecule has 2 aliphatic carbocycles. The van der Waals surface area contributed by atoms with Crippen LogP contribution in [0.5, 0.6) is 0 Å². The Morgan fingerprint density at radius 1 is 0.676 bits per heavy atom. The van der Waals surface area contributed by atoms with Crippen molar-refractivity contribution in [3.8, 4) is 0 Å². The normalized spacial score (nSPS) is 29.2. The Morgan fingerprint density at radius 2 is 1.03 bits per heavy atom. The molecule has 4 N–H and O–H groups in total. The van der Waals surface area contributed by atoms with Crippen molar-refractivity contribution in [3.05, 3.63) is 69.7 Å². The van der Waals surface area contributed by atoms with Crippen LogP contribution in [0.3, 0.4) is 0 Å². The quantitative estimate of drug-likeness (QED) is 0.419. The van der Waals surface area contributed by atoms with E-state index in [1.165, 1.54) is 24.0 Å². The maximum Gasteiger partial charge on any atom is 0.0649 e. The van der Waals surface area contributed by atoms with Crippen molar-refractivity contribution in [2.45, 2.75) is 74.4 Å². The highest BCUT2D eigenvalue weighted by Gasteiger charge is 2.41. The van der Waals surface area contributed by atoms with E-state index >= 15 is 0 Å². The lowest BCUT2D eigenvalue weighted by Gasteiger charge is -2.42. The summed E-state index contributed by atoms with van der Waals surface area (Å²) in [5.74, 6) is 0. The first-order valence-corrected chi connectivity index (χ1v) is 13.3. The molecule has 0 heterocycles. The zero-order chi connectivity index (χ0) is 24.6. The zero-order valence-corrected chi connectivity index (χ0v) is 22.0. The van der Waals surface area contributed by atoms with Gasteiger partial charge in [0.25, 0.3) is 0 Å². The Bertz CT molecular complexity index is 795. The van der Waals surface area contributed by atoms with Gasteiger partial charge in [-0.05, 0) is 75.2 Å². The van der Waals surface area contributed by atoms with Gasteiger partial charge in [-0.1, -0.05) is 73.2 Å². The summed E-state index contributed by atoms with van der Waals surface area (Å²) < 4.78 is 0. The van der Waals surface area contributed by atoms with Gasteiger partial charge in [-0.2, -0.15) is 0 Å². The van der Waals surface area contributed by atoms with E-state index in [1.807, 2.05) is 62.6 Å². The van der Waals surface area contributed by atoms with E-state index in [0.29, 0.717) is 0 Å². The van der Waals surface area contributed by atoms with Gasteiger partial charge in [0, 0.05) is 34.0 Å². The van der Waals surface area contributed by atoms with Gasteiger partial charge < -0.3 is 20.8 Å². The van der Waals surface area contributed by atoms with E-state index in [4.69, 9.17) is 23.2 Å². The van der Waals surface area contributed by atoms with Crippen LogP contribution in [0, 0.1) is 0 Å². The minimum Gasteiger partial charge on any atom is -0.392 e. The van der Waals surface area contributed by atoms with Gasteiger partial charge in [0.15, 0.2) is 0 Å². The van der Waals surface area contributed by atoms with Gasteiger partial charge in [-0.15, -0.1) is 0 Å². The standard InChI is InChI=1S/2C14H20ClNO/c2*1-16-10-14(9-3-2-4-13(14)17)11-5-7-12(15)8-6-11/h2*5-8,13,16-17H,2-4,9-10H2,1H3/t2*13-,14+/m10/s1. The summed E-state index contributed by atoms with van der Waals surface area (Å²) in [5.41, 5.74) is 2.11. The second kappa shape index (κ2) is 12.7. The molecule has 4 nitrogen and oxygen atoms in total. The van der Waals surface area contributed by atoms with Crippen LogP contribution in [0.1, 0.15) is 62.5 Å². The molecule has 4 atom stereocenters. The number of aliphatic hydroxyl groups is 2. The average molecular weight is 508 g/mol. The highest BCUT2D eigenvalue weighted by Crippen LogP contribution is 2.40. The van der Waals surface area contributed by atoms with Gasteiger partial charge >= 0.3 is 0 Å². The average Bonchev–Trinajstić information content (AvgIpc) is 2.84. The van der Waals surface area contributed by atoms with Gasteiger partial charge in [0.1, 0.15) is 0 Å². The molecule has 2 saturated carbocycles. The fourth-order valence-electron chi connectivity index (χ4n) is 5.93. The minimum atomic E-state index is -0.259. The van der Waals surface area contributed by atoms with Crippen LogP contribution in [0.25, 0.3) is 0 Å². The van der Waals surface area contributed by atoms with Crippen molar-refractivity contribution in [2.24, 2.45) is 0 Å². The third-order valence-corrected chi connectivity index (χ3v) is 8.30. The van der Waals surface area contributed by atoms with Crippen LogP contribution in [-0.4, -0.2) is 49.6 Å². The van der Waals surface area contributed by atoms with Crippen molar-refractivity contribution in [3.63, 3.8) is 0 Å². The summed E-state index contributed by atoms with van der Waals surface area (Å²) in [7, 11) is 3.89. The van der Waals surface area contributed by atoms with E-state index in [1.54, 1.807) is 0 Å². The molecule has 2 aromatic carbocycles. The molecule has 0 saturated heterocycles. The molecule has 6 heteroatoms. The minimum absolute atomic E-state index is 0.141. The molecule has 2 aliphatic rings. The van der Waals surface area contributed by atoms with E-state index in [9.17, 15) is 10.2 Å². The smallest absolute Gasteiger partial charge is 0.0649 e. The Balaban J connectivity index is 0.000000191. The van der Waals surface area contributed by atoms with E-state index < -0.39 is 0 Å². The SMILES string of the molecule is CNC[C@@]1(c2ccc(Cl)cc2)CCCC[C@@H]1O.CNC[C@]1(c2ccc(Cl)cc2)CCCC[C@H]1O. The van der Waals surface area contributed by atoms with Crippen molar-refractivity contribution in [1.29, 1.82) is 0 Å². The Hall–Kier alpha value is -1.14. The molecule has 4 rings (SSSR count). The third kappa shape index (κ3) is 6.16. The number of hydrogen-bond donors (Lipinski definition) is 4. The third-order valence-electron chi connectivity index (χ3n) is 7.80. The van der Waals surface area contributed by atoms with E-state index in [0.717, 1.165) is 61.7 Å². The predicted octanol–water partition coefficient (Wildman–Crippen LogP) is 5.46. The summed E-state index contributed by atoms with van der Waals surface area (Å²) in [5, 5.41) is 28.8. The highest BCUT2D eigenvalue weighted by atomic mass is 35.5. The molecular formula is C28H40Cl2N2O2. The lowest BCUT2D eigenvalue weighted by atomic mass is 9.67. The maximum atomic E-state index is 10.4. The first kappa shape index (κ1) is 27.4. The molecule has 0 bridgehead atoms. The van der Waals surface area contributed by atoms with Gasteiger partial charge in [0.05, 0.1) is 12.2 Å². The second-order valence-corrected chi connectivity index (χ2v) is 10.8. The predicted molar refractivity (Wildman–Crippen MR) is 143 cm³/mol. The molecule has 34 heavy (non-hydrogen) atoms. The summed E-state index contributed by atoms with van der Waals surface area (Å²) in [6.45, 7) is 1.63. The zero-order valence-electron chi connectivity index (χ0n) is 20.5. The first-order chi connectivity index (χ1) is 16.4. The van der Waals surface area contributed by atoms with E-state index in [2.05, 4.69) is 10.6 Å². The Kier molecular flexibility index (Phi) is 10.3. The molecule has 188 valence electrons.